The number of fused-ring (bicyclic) bond motifs is 7. The molecule has 2 saturated heterocycles. The van der Waals surface area contributed by atoms with Gasteiger partial charge in [0, 0.05) is 44.4 Å². The molecule has 2 heterocycles. The molecule has 0 amide bonds. The van der Waals surface area contributed by atoms with E-state index in [4.69, 9.17) is 28.1 Å². The molecule has 0 aromatic heterocycles. The number of hydrogen-bond acceptors (Lipinski definition) is 9. The van der Waals surface area contributed by atoms with Crippen LogP contribution in [0.4, 0.5) is 0 Å². The molecule has 0 N–H and O–H groups in total. The van der Waals surface area contributed by atoms with Crippen LogP contribution in [-0.2, 0) is 42.5 Å². The lowest BCUT2D eigenvalue weighted by Crippen LogP contribution is -2.59. The van der Waals surface area contributed by atoms with E-state index >= 15 is 0 Å². The summed E-state index contributed by atoms with van der Waals surface area (Å²) >= 11 is 0. The fraction of sp³-hybridized carbons (Fsp3) is 0.872. The van der Waals surface area contributed by atoms with E-state index in [0.717, 1.165) is 38.5 Å². The molecule has 13 atom stereocenters. The second-order valence-electron chi connectivity index (χ2n) is 18.8. The van der Waals surface area contributed by atoms with Crippen LogP contribution in [0.2, 0.25) is 18.1 Å². The van der Waals surface area contributed by atoms with Crippen LogP contribution in [0.3, 0.4) is 0 Å². The summed E-state index contributed by atoms with van der Waals surface area (Å²) in [4.78, 5) is 36.6. The first kappa shape index (κ1) is 37.0. The Labute approximate surface area is 295 Å². The van der Waals surface area contributed by atoms with Gasteiger partial charge in [0.05, 0.1) is 6.10 Å². The van der Waals surface area contributed by atoms with Gasteiger partial charge >= 0.3 is 17.9 Å². The predicted molar refractivity (Wildman–Crippen MR) is 187 cm³/mol. The van der Waals surface area contributed by atoms with Gasteiger partial charge in [-0.1, -0.05) is 53.2 Å². The van der Waals surface area contributed by atoms with E-state index in [2.05, 4.69) is 60.7 Å². The summed E-state index contributed by atoms with van der Waals surface area (Å²) in [6.07, 6.45) is 7.79. The van der Waals surface area contributed by atoms with E-state index in [1.807, 2.05) is 6.92 Å². The van der Waals surface area contributed by atoms with Crippen LogP contribution in [-0.4, -0.2) is 68.6 Å². The largest absolute Gasteiger partial charge is 0.463 e. The van der Waals surface area contributed by atoms with Crippen molar-refractivity contribution in [3.63, 3.8) is 0 Å². The minimum Gasteiger partial charge on any atom is -0.463 e. The van der Waals surface area contributed by atoms with Crippen molar-refractivity contribution in [3.05, 3.63) is 11.6 Å². The predicted octanol–water partition coefficient (Wildman–Crippen LogP) is 7.51. The van der Waals surface area contributed by atoms with Crippen LogP contribution in [0, 0.1) is 40.4 Å². The third kappa shape index (κ3) is 5.96. The maximum absolute atomic E-state index is 12.8. The number of esters is 3. The van der Waals surface area contributed by atoms with Crippen molar-refractivity contribution in [1.29, 1.82) is 0 Å². The van der Waals surface area contributed by atoms with Gasteiger partial charge in [0.2, 0.25) is 0 Å². The molecule has 0 aromatic rings. The summed E-state index contributed by atoms with van der Waals surface area (Å²) in [5.41, 5.74) is 0.249. The van der Waals surface area contributed by atoms with Crippen LogP contribution in [0.15, 0.2) is 11.6 Å². The fourth-order valence-electron chi connectivity index (χ4n) is 11.3. The maximum Gasteiger partial charge on any atom is 0.302 e. The number of carbonyl (C=O) groups excluding carboxylic acids is 3. The van der Waals surface area contributed by atoms with E-state index < -0.39 is 25.1 Å². The van der Waals surface area contributed by atoms with Crippen LogP contribution >= 0.6 is 0 Å². The monoisotopic (exact) mass is 702 g/mol. The van der Waals surface area contributed by atoms with Gasteiger partial charge in [0.15, 0.2) is 14.1 Å². The minimum atomic E-state index is -2.27. The van der Waals surface area contributed by atoms with Gasteiger partial charge in [-0.2, -0.15) is 0 Å². The summed E-state index contributed by atoms with van der Waals surface area (Å²) < 4.78 is 39.2. The van der Waals surface area contributed by atoms with Crippen molar-refractivity contribution in [2.24, 2.45) is 40.4 Å². The highest BCUT2D eigenvalue weighted by Gasteiger charge is 2.74. The minimum absolute atomic E-state index is 0.0135. The van der Waals surface area contributed by atoms with E-state index in [1.165, 1.54) is 26.3 Å². The summed E-state index contributed by atoms with van der Waals surface area (Å²) in [5, 5.41) is -0.0229. The van der Waals surface area contributed by atoms with Crippen molar-refractivity contribution in [1.82, 2.24) is 0 Å². The molecule has 276 valence electrons. The van der Waals surface area contributed by atoms with Gasteiger partial charge in [-0.15, -0.1) is 0 Å². The Bertz CT molecular complexity index is 1390. The van der Waals surface area contributed by atoms with E-state index in [9.17, 15) is 14.4 Å². The lowest BCUT2D eigenvalue weighted by molar-refractivity contribution is -0.277. The van der Waals surface area contributed by atoms with E-state index in [1.54, 1.807) is 0 Å². The molecule has 49 heavy (non-hydrogen) atoms. The molecule has 1 spiro atoms. The highest BCUT2D eigenvalue weighted by Crippen LogP contribution is 2.71. The number of carbonyl (C=O) groups is 3. The topological polar surface area (TPSA) is 107 Å². The van der Waals surface area contributed by atoms with Crippen LogP contribution in [0.25, 0.3) is 0 Å². The van der Waals surface area contributed by atoms with E-state index in [0.29, 0.717) is 24.2 Å². The molecular formula is C39H62O9Si. The summed E-state index contributed by atoms with van der Waals surface area (Å²) in [6.45, 7) is 24.8. The summed E-state index contributed by atoms with van der Waals surface area (Å²) in [6, 6.07) is 0. The average Bonchev–Trinajstić information content (AvgIpc) is 3.53. The average molecular weight is 703 g/mol. The standard InChI is InChI=1S/C39H62O9Si/c1-22-34-31(46-39(22)33(47-49(11,12)35(5,6)7)20-36(8,48-39)21-43-23(2)40)18-30-28-14-13-26-17-27(44-24(3)41)15-16-37(26,9)29(28)19-32(38(30,34)10)45-25(4)42/h18,22,26-29,31-34H,13-17,19-21H2,1-12H3/t22-,26-,27-,28+,29-,31-,32+,33+,34-,36-,37-,38+,39-/m0/s1. The number of rotatable bonds is 6. The molecule has 0 aromatic carbocycles. The molecule has 0 radical (unpaired) electrons. The fourth-order valence-corrected chi connectivity index (χ4v) is 12.6. The SMILES string of the molecule is CC(=O)OC[C@]1(C)C[C@@H](O[Si](C)(C)C(C)(C)C)[C@@]2(O[C@H]3C=C4[C@@H]5CC[C@H]6C[C@@H](OC(C)=O)CC[C@]6(C)[C@H]5C[C@@H](OC(C)=O)[C@]4(C)[C@H]3[C@@H]2C)O1. The first-order chi connectivity index (χ1) is 22.6. The smallest absolute Gasteiger partial charge is 0.302 e. The van der Waals surface area contributed by atoms with Crippen molar-refractivity contribution in [2.45, 2.75) is 168 Å². The van der Waals surface area contributed by atoms with Crippen molar-refractivity contribution < 1.29 is 42.5 Å². The summed E-state index contributed by atoms with van der Waals surface area (Å²) in [7, 11) is -2.27. The number of hydrogen-bond donors (Lipinski definition) is 0. The van der Waals surface area contributed by atoms with Crippen molar-refractivity contribution in [2.75, 3.05) is 6.61 Å². The van der Waals surface area contributed by atoms with Gasteiger partial charge in [-0.05, 0) is 86.7 Å². The van der Waals surface area contributed by atoms with Gasteiger partial charge < -0.3 is 28.1 Å². The molecule has 3 saturated carbocycles. The lowest BCUT2D eigenvalue weighted by atomic mass is 9.45. The van der Waals surface area contributed by atoms with Crippen LogP contribution in [0.1, 0.15) is 114 Å². The Morgan fingerprint density at radius 3 is 2.22 bits per heavy atom. The van der Waals surface area contributed by atoms with Gasteiger partial charge in [-0.25, -0.2) is 0 Å². The van der Waals surface area contributed by atoms with Gasteiger partial charge in [-0.3, -0.25) is 14.4 Å². The van der Waals surface area contributed by atoms with Crippen LogP contribution < -0.4 is 0 Å². The normalized spacial score (nSPS) is 45.9. The third-order valence-electron chi connectivity index (χ3n) is 14.6. The molecule has 2 aliphatic heterocycles. The van der Waals surface area contributed by atoms with E-state index in [-0.39, 0.29) is 71.2 Å². The van der Waals surface area contributed by atoms with Gasteiger partial charge in [0.25, 0.3) is 0 Å². The first-order valence-electron chi connectivity index (χ1n) is 18.8. The molecule has 0 unspecified atom stereocenters. The van der Waals surface area contributed by atoms with Crippen molar-refractivity contribution >= 4 is 26.2 Å². The third-order valence-corrected chi connectivity index (χ3v) is 19.1. The molecule has 6 aliphatic rings. The zero-order valence-electron chi connectivity index (χ0n) is 32.1. The zero-order chi connectivity index (χ0) is 36.1. The van der Waals surface area contributed by atoms with Crippen molar-refractivity contribution in [3.8, 4) is 0 Å². The molecule has 4 aliphatic carbocycles. The Kier molecular flexibility index (Phi) is 9.19. The Hall–Kier alpha value is -1.75. The number of ether oxygens (including phenoxy) is 5. The maximum atomic E-state index is 12.8. The Morgan fingerprint density at radius 2 is 1.61 bits per heavy atom. The zero-order valence-corrected chi connectivity index (χ0v) is 33.1. The quantitative estimate of drug-likeness (QED) is 0.120. The summed E-state index contributed by atoms with van der Waals surface area (Å²) in [5.74, 6) is -0.713. The lowest BCUT2D eigenvalue weighted by Gasteiger charge is -2.61. The van der Waals surface area contributed by atoms with Gasteiger partial charge in [0.1, 0.15) is 30.5 Å². The molecule has 10 heteroatoms. The Morgan fingerprint density at radius 1 is 0.939 bits per heavy atom. The second-order valence-corrected chi connectivity index (χ2v) is 23.5. The highest BCUT2D eigenvalue weighted by molar-refractivity contribution is 6.74. The molecular weight excluding hydrogens is 641 g/mol. The molecule has 6 rings (SSSR count). The molecule has 9 nitrogen and oxygen atoms in total. The highest BCUT2D eigenvalue weighted by atomic mass is 28.4. The Balaban J connectivity index is 1.36. The molecule has 5 fully saturated rings. The second kappa shape index (κ2) is 12.2. The van der Waals surface area contributed by atoms with Crippen LogP contribution in [0.5, 0.6) is 0 Å². The first-order valence-corrected chi connectivity index (χ1v) is 21.7. The molecule has 0 bridgehead atoms.